The summed E-state index contributed by atoms with van der Waals surface area (Å²) in [4.78, 5) is 12.7. The molecule has 0 unspecified atom stereocenters. The van der Waals surface area contributed by atoms with Crippen LogP contribution in [-0.4, -0.2) is 11.6 Å². The molecule has 26 heavy (non-hydrogen) atoms. The first-order valence-corrected chi connectivity index (χ1v) is 9.45. The van der Waals surface area contributed by atoms with Gasteiger partial charge in [0.15, 0.2) is 0 Å². The molecule has 0 aliphatic rings. The highest BCUT2D eigenvalue weighted by molar-refractivity contribution is 5.91. The van der Waals surface area contributed by atoms with Gasteiger partial charge < -0.3 is 10.6 Å². The monoisotopic (exact) mass is 352 g/mol. The number of urea groups is 1. The number of anilines is 1. The first-order valence-electron chi connectivity index (χ1n) is 9.45. The van der Waals surface area contributed by atoms with Crippen molar-refractivity contribution in [1.29, 1.82) is 0 Å². The van der Waals surface area contributed by atoms with E-state index in [4.69, 9.17) is 0 Å². The number of nitrogens with one attached hydrogen (secondary N) is 2. The summed E-state index contributed by atoms with van der Waals surface area (Å²) in [6, 6.07) is 16.4. The maximum atomic E-state index is 12.7. The number of amides is 2. The zero-order chi connectivity index (χ0) is 19.3. The number of hydrogen-bond acceptors (Lipinski definition) is 1. The van der Waals surface area contributed by atoms with E-state index in [9.17, 15) is 4.79 Å². The third-order valence-electron chi connectivity index (χ3n) is 4.55. The quantitative estimate of drug-likeness (QED) is 0.650. The van der Waals surface area contributed by atoms with E-state index in [1.807, 2.05) is 18.2 Å². The van der Waals surface area contributed by atoms with Crippen LogP contribution in [0.1, 0.15) is 70.1 Å². The summed E-state index contributed by atoms with van der Waals surface area (Å²) >= 11 is 0. The van der Waals surface area contributed by atoms with Crippen LogP contribution < -0.4 is 10.6 Å². The van der Waals surface area contributed by atoms with E-state index in [1.54, 1.807) is 0 Å². The lowest BCUT2D eigenvalue weighted by Crippen LogP contribution is -2.47. The van der Waals surface area contributed by atoms with Crippen LogP contribution in [0, 0.1) is 0 Å². The number of hydrogen-bond donors (Lipinski definition) is 2. The van der Waals surface area contributed by atoms with Gasteiger partial charge in [0.2, 0.25) is 0 Å². The van der Waals surface area contributed by atoms with Gasteiger partial charge in [0, 0.05) is 11.2 Å². The molecule has 2 aromatic carbocycles. The van der Waals surface area contributed by atoms with Gasteiger partial charge in [-0.3, -0.25) is 0 Å². The summed E-state index contributed by atoms with van der Waals surface area (Å²) in [5, 5.41) is 6.27. The average molecular weight is 353 g/mol. The smallest absolute Gasteiger partial charge is 0.319 e. The van der Waals surface area contributed by atoms with Gasteiger partial charge >= 0.3 is 6.03 Å². The fourth-order valence-corrected chi connectivity index (χ4v) is 3.30. The van der Waals surface area contributed by atoms with Crippen molar-refractivity contribution in [1.82, 2.24) is 5.32 Å². The number of carbonyl (C=O) groups excluding carboxylic acids is 1. The third kappa shape index (κ3) is 5.35. The normalized spacial score (nSPS) is 11.7. The third-order valence-corrected chi connectivity index (χ3v) is 4.55. The summed E-state index contributed by atoms with van der Waals surface area (Å²) in [6.07, 6.45) is 0.782. The number of carbonyl (C=O) groups is 1. The van der Waals surface area contributed by atoms with Crippen molar-refractivity contribution in [3.63, 3.8) is 0 Å². The number of rotatable bonds is 6. The van der Waals surface area contributed by atoms with Gasteiger partial charge in [-0.15, -0.1) is 0 Å². The fraction of sp³-hybridized carbons (Fsp3) is 0.435. The molecule has 140 valence electrons. The molecule has 2 N–H and O–H groups in total. The Balaban J connectivity index is 2.16. The second kappa shape index (κ2) is 8.39. The summed E-state index contributed by atoms with van der Waals surface area (Å²) in [6.45, 7) is 12.7. The molecule has 3 heteroatoms. The molecular formula is C23H32N2O. The largest absolute Gasteiger partial charge is 0.333 e. The van der Waals surface area contributed by atoms with Crippen molar-refractivity contribution in [2.45, 2.75) is 65.3 Å². The van der Waals surface area contributed by atoms with Crippen LogP contribution in [0.3, 0.4) is 0 Å². The average Bonchev–Trinajstić information content (AvgIpc) is 2.54. The predicted octanol–water partition coefficient (Wildman–Crippen LogP) is 6.08. The fourth-order valence-electron chi connectivity index (χ4n) is 3.30. The molecule has 0 atom stereocenters. The SMILES string of the molecule is CC(C)c1cccc(C(C)C)c1NC(=O)NC(C)(C)Cc1ccccc1. The van der Waals surface area contributed by atoms with Crippen LogP contribution in [0.5, 0.6) is 0 Å². The van der Waals surface area contributed by atoms with Gasteiger partial charge in [-0.2, -0.15) is 0 Å². The Morgan fingerprint density at radius 2 is 1.42 bits per heavy atom. The molecular weight excluding hydrogens is 320 g/mol. The van der Waals surface area contributed by atoms with Crippen molar-refractivity contribution < 1.29 is 4.79 Å². The molecule has 0 saturated heterocycles. The molecule has 0 radical (unpaired) electrons. The lowest BCUT2D eigenvalue weighted by Gasteiger charge is -2.28. The van der Waals surface area contributed by atoms with E-state index in [0.29, 0.717) is 11.8 Å². The van der Waals surface area contributed by atoms with Crippen molar-refractivity contribution >= 4 is 11.7 Å². The Morgan fingerprint density at radius 3 is 1.92 bits per heavy atom. The van der Waals surface area contributed by atoms with Crippen LogP contribution in [-0.2, 0) is 6.42 Å². The van der Waals surface area contributed by atoms with Gasteiger partial charge in [0.05, 0.1) is 0 Å². The summed E-state index contributed by atoms with van der Waals surface area (Å²) < 4.78 is 0. The molecule has 2 rings (SSSR count). The van der Waals surface area contributed by atoms with Gasteiger partial charge in [-0.05, 0) is 48.8 Å². The van der Waals surface area contributed by atoms with E-state index >= 15 is 0 Å². The molecule has 3 nitrogen and oxygen atoms in total. The molecule has 0 aromatic heterocycles. The van der Waals surface area contributed by atoms with E-state index in [0.717, 1.165) is 12.1 Å². The Kier molecular flexibility index (Phi) is 6.47. The van der Waals surface area contributed by atoms with E-state index in [2.05, 4.69) is 82.5 Å². The molecule has 2 aromatic rings. The maximum absolute atomic E-state index is 12.7. The van der Waals surface area contributed by atoms with Gasteiger partial charge in [-0.25, -0.2) is 4.79 Å². The van der Waals surface area contributed by atoms with Crippen molar-refractivity contribution in [2.24, 2.45) is 0 Å². The van der Waals surface area contributed by atoms with Crippen LogP contribution in [0.15, 0.2) is 48.5 Å². The van der Waals surface area contributed by atoms with E-state index in [-0.39, 0.29) is 11.6 Å². The first kappa shape index (κ1) is 20.0. The van der Waals surface area contributed by atoms with Crippen LogP contribution in [0.25, 0.3) is 0 Å². The molecule has 2 amide bonds. The number of para-hydroxylation sites is 1. The van der Waals surface area contributed by atoms with Gasteiger partial charge in [0.25, 0.3) is 0 Å². The van der Waals surface area contributed by atoms with Crippen molar-refractivity contribution in [2.75, 3.05) is 5.32 Å². The minimum Gasteiger partial charge on any atom is -0.333 e. The van der Waals surface area contributed by atoms with Gasteiger partial charge in [-0.1, -0.05) is 76.2 Å². The summed E-state index contributed by atoms with van der Waals surface area (Å²) in [7, 11) is 0. The molecule has 0 aliphatic carbocycles. The maximum Gasteiger partial charge on any atom is 0.319 e. The Hall–Kier alpha value is -2.29. The van der Waals surface area contributed by atoms with Crippen molar-refractivity contribution in [3.8, 4) is 0 Å². The van der Waals surface area contributed by atoms with Crippen molar-refractivity contribution in [3.05, 3.63) is 65.2 Å². The van der Waals surface area contributed by atoms with Crippen LogP contribution in [0.2, 0.25) is 0 Å². The van der Waals surface area contributed by atoms with E-state index in [1.165, 1.54) is 16.7 Å². The summed E-state index contributed by atoms with van der Waals surface area (Å²) in [5.74, 6) is 0.697. The summed E-state index contributed by atoms with van der Waals surface area (Å²) in [5.41, 5.74) is 4.17. The zero-order valence-electron chi connectivity index (χ0n) is 16.9. The number of benzene rings is 2. The molecule has 0 heterocycles. The lowest BCUT2D eigenvalue weighted by molar-refractivity contribution is 0.241. The van der Waals surface area contributed by atoms with Crippen LogP contribution in [0.4, 0.5) is 10.5 Å². The Labute approximate surface area is 158 Å². The van der Waals surface area contributed by atoms with Crippen LogP contribution >= 0.6 is 0 Å². The topological polar surface area (TPSA) is 41.1 Å². The minimum absolute atomic E-state index is 0.152. The second-order valence-corrected chi connectivity index (χ2v) is 8.25. The predicted molar refractivity (Wildman–Crippen MR) is 111 cm³/mol. The molecule has 0 spiro atoms. The lowest BCUT2D eigenvalue weighted by atomic mass is 9.92. The zero-order valence-corrected chi connectivity index (χ0v) is 16.9. The Morgan fingerprint density at radius 1 is 0.885 bits per heavy atom. The second-order valence-electron chi connectivity index (χ2n) is 8.25. The highest BCUT2D eigenvalue weighted by Gasteiger charge is 2.23. The molecule has 0 aliphatic heterocycles. The van der Waals surface area contributed by atoms with E-state index < -0.39 is 0 Å². The highest BCUT2D eigenvalue weighted by atomic mass is 16.2. The first-order chi connectivity index (χ1) is 12.2. The molecule has 0 fully saturated rings. The highest BCUT2D eigenvalue weighted by Crippen LogP contribution is 2.32. The molecule has 0 saturated carbocycles. The molecule has 0 bridgehead atoms. The van der Waals surface area contributed by atoms with Gasteiger partial charge in [0.1, 0.15) is 0 Å². The Bertz CT molecular complexity index is 707. The standard InChI is InChI=1S/C23H32N2O/c1-16(2)19-13-10-14-20(17(3)4)21(19)24-22(26)25-23(5,6)15-18-11-8-7-9-12-18/h7-14,16-17H,15H2,1-6H3,(H2,24,25,26). The minimum atomic E-state index is -0.337.